The van der Waals surface area contributed by atoms with Gasteiger partial charge in [0.05, 0.1) is 0 Å². The van der Waals surface area contributed by atoms with Gasteiger partial charge in [0, 0.05) is 6.54 Å². The van der Waals surface area contributed by atoms with E-state index in [1.165, 1.54) is 0 Å². The van der Waals surface area contributed by atoms with Crippen LogP contribution < -0.4 is 5.32 Å². The molecule has 0 aliphatic heterocycles. The van der Waals surface area contributed by atoms with Gasteiger partial charge in [-0.15, -0.1) is 0 Å². The number of carbonyl (C=O) groups excluding carboxylic acids is 1. The largest absolute Gasteiger partial charge is 0.351 e. The Kier molecular flexibility index (Phi) is 3.92. The van der Waals surface area contributed by atoms with Gasteiger partial charge in [-0.2, -0.15) is 0 Å². The highest BCUT2D eigenvalue weighted by Crippen LogP contribution is 1.85. The molecule has 0 heterocycles. The molecular weight excluding hydrogens is 128 g/mol. The van der Waals surface area contributed by atoms with E-state index < -0.39 is 18.8 Å². The van der Waals surface area contributed by atoms with Crippen molar-refractivity contribution in [1.82, 2.24) is 5.32 Å². The second-order valence-corrected chi connectivity index (χ2v) is 1.60. The van der Waals surface area contributed by atoms with Crippen molar-refractivity contribution in [1.29, 1.82) is 0 Å². The lowest BCUT2D eigenvalue weighted by molar-refractivity contribution is -0.125. The molecule has 2 nitrogen and oxygen atoms in total. The van der Waals surface area contributed by atoms with Gasteiger partial charge in [0.15, 0.2) is 6.17 Å². The van der Waals surface area contributed by atoms with Gasteiger partial charge < -0.3 is 5.32 Å². The fourth-order valence-corrected chi connectivity index (χ4v) is 0.311. The SMILES string of the molecule is C[C@H](F)C(=O)NCCF. The molecule has 0 rings (SSSR count). The molecule has 0 aliphatic rings. The van der Waals surface area contributed by atoms with E-state index >= 15 is 0 Å². The first-order chi connectivity index (χ1) is 4.18. The lowest BCUT2D eigenvalue weighted by Crippen LogP contribution is -2.31. The molecule has 0 aromatic rings. The van der Waals surface area contributed by atoms with Crippen LogP contribution >= 0.6 is 0 Å². The van der Waals surface area contributed by atoms with Crippen LogP contribution in [0.3, 0.4) is 0 Å². The Morgan fingerprint density at radius 3 is 2.67 bits per heavy atom. The maximum atomic E-state index is 11.9. The number of halogens is 2. The Morgan fingerprint density at radius 1 is 1.78 bits per heavy atom. The van der Waals surface area contributed by atoms with Crippen LogP contribution in [0, 0.1) is 0 Å². The zero-order valence-electron chi connectivity index (χ0n) is 5.16. The van der Waals surface area contributed by atoms with Crippen molar-refractivity contribution in [3.05, 3.63) is 0 Å². The Hall–Kier alpha value is -0.670. The first-order valence-corrected chi connectivity index (χ1v) is 2.66. The van der Waals surface area contributed by atoms with Gasteiger partial charge in [-0.05, 0) is 6.92 Å². The van der Waals surface area contributed by atoms with Crippen LogP contribution in [0.5, 0.6) is 0 Å². The molecule has 1 amide bonds. The molecule has 0 aromatic heterocycles. The number of alkyl halides is 2. The molecule has 4 heteroatoms. The molecule has 0 fully saturated rings. The van der Waals surface area contributed by atoms with E-state index in [2.05, 4.69) is 0 Å². The van der Waals surface area contributed by atoms with Gasteiger partial charge in [0.25, 0.3) is 5.91 Å². The van der Waals surface area contributed by atoms with Gasteiger partial charge in [0.2, 0.25) is 0 Å². The zero-order chi connectivity index (χ0) is 7.28. The predicted molar refractivity (Wildman–Crippen MR) is 29.6 cm³/mol. The van der Waals surface area contributed by atoms with E-state index in [4.69, 9.17) is 0 Å². The molecular formula is C5H9F2NO. The third-order valence-corrected chi connectivity index (χ3v) is 0.755. The van der Waals surface area contributed by atoms with Gasteiger partial charge >= 0.3 is 0 Å². The summed E-state index contributed by atoms with van der Waals surface area (Å²) in [5.74, 6) is -0.757. The van der Waals surface area contributed by atoms with Crippen LogP contribution in [0.2, 0.25) is 0 Å². The third-order valence-electron chi connectivity index (χ3n) is 0.755. The molecule has 0 saturated carbocycles. The molecule has 1 atom stereocenters. The van der Waals surface area contributed by atoms with E-state index in [0.717, 1.165) is 6.92 Å². The first-order valence-electron chi connectivity index (χ1n) is 2.66. The van der Waals surface area contributed by atoms with E-state index in [9.17, 15) is 13.6 Å². The minimum atomic E-state index is -1.54. The third kappa shape index (κ3) is 3.88. The number of hydrogen-bond acceptors (Lipinski definition) is 1. The normalized spacial score (nSPS) is 12.8. The second kappa shape index (κ2) is 4.23. The molecule has 0 aromatic carbocycles. The lowest BCUT2D eigenvalue weighted by atomic mass is 10.4. The van der Waals surface area contributed by atoms with Crippen molar-refractivity contribution >= 4 is 5.91 Å². The Labute approximate surface area is 52.2 Å². The molecule has 0 radical (unpaired) electrons. The highest BCUT2D eigenvalue weighted by molar-refractivity contribution is 5.80. The van der Waals surface area contributed by atoms with Crippen LogP contribution in [-0.4, -0.2) is 25.3 Å². The molecule has 0 aliphatic carbocycles. The van der Waals surface area contributed by atoms with Crippen molar-refractivity contribution in [3.8, 4) is 0 Å². The van der Waals surface area contributed by atoms with Gasteiger partial charge in [-0.3, -0.25) is 4.79 Å². The predicted octanol–water partition coefficient (Wildman–Crippen LogP) is 0.430. The van der Waals surface area contributed by atoms with Gasteiger partial charge in [0.1, 0.15) is 6.67 Å². The molecule has 1 N–H and O–H groups in total. The van der Waals surface area contributed by atoms with Crippen molar-refractivity contribution in [2.75, 3.05) is 13.2 Å². The monoisotopic (exact) mass is 137 g/mol. The number of carbonyl (C=O) groups is 1. The quantitative estimate of drug-likeness (QED) is 0.600. The highest BCUT2D eigenvalue weighted by atomic mass is 19.1. The fraction of sp³-hybridized carbons (Fsp3) is 0.800. The van der Waals surface area contributed by atoms with Crippen molar-refractivity contribution < 1.29 is 13.6 Å². The molecule has 54 valence electrons. The summed E-state index contributed by atoms with van der Waals surface area (Å²) in [6.07, 6.45) is -1.54. The fourth-order valence-electron chi connectivity index (χ4n) is 0.311. The van der Waals surface area contributed by atoms with Crippen molar-refractivity contribution in [2.24, 2.45) is 0 Å². The van der Waals surface area contributed by atoms with Crippen molar-refractivity contribution in [2.45, 2.75) is 13.1 Å². The van der Waals surface area contributed by atoms with Crippen LogP contribution in [-0.2, 0) is 4.79 Å². The Bertz CT molecular complexity index is 95.0. The van der Waals surface area contributed by atoms with E-state index in [1.54, 1.807) is 0 Å². The van der Waals surface area contributed by atoms with E-state index in [0.29, 0.717) is 0 Å². The number of rotatable bonds is 3. The summed E-state index contributed by atoms with van der Waals surface area (Å²) in [4.78, 5) is 10.2. The molecule has 9 heavy (non-hydrogen) atoms. The average molecular weight is 137 g/mol. The maximum absolute atomic E-state index is 11.9. The summed E-state index contributed by atoms with van der Waals surface area (Å²) < 4.78 is 23.2. The lowest BCUT2D eigenvalue weighted by Gasteiger charge is -2.00. The molecule has 0 saturated heterocycles. The molecule has 0 spiro atoms. The second-order valence-electron chi connectivity index (χ2n) is 1.60. The van der Waals surface area contributed by atoms with Crippen LogP contribution in [0.25, 0.3) is 0 Å². The molecule has 0 unspecified atom stereocenters. The van der Waals surface area contributed by atoms with Gasteiger partial charge in [-0.25, -0.2) is 8.78 Å². The van der Waals surface area contributed by atoms with Crippen LogP contribution in [0.4, 0.5) is 8.78 Å². The topological polar surface area (TPSA) is 29.1 Å². The van der Waals surface area contributed by atoms with E-state index in [-0.39, 0.29) is 6.54 Å². The van der Waals surface area contributed by atoms with Crippen molar-refractivity contribution in [3.63, 3.8) is 0 Å². The summed E-state index contributed by atoms with van der Waals surface area (Å²) in [6, 6.07) is 0. The summed E-state index contributed by atoms with van der Waals surface area (Å²) in [6.45, 7) is 0.346. The maximum Gasteiger partial charge on any atom is 0.254 e. The zero-order valence-corrected chi connectivity index (χ0v) is 5.16. The minimum Gasteiger partial charge on any atom is -0.351 e. The number of amides is 1. The number of hydrogen-bond donors (Lipinski definition) is 1. The smallest absolute Gasteiger partial charge is 0.254 e. The average Bonchev–Trinajstić information content (AvgIpc) is 1.82. The van der Waals surface area contributed by atoms with E-state index in [1.807, 2.05) is 5.32 Å². The number of nitrogens with one attached hydrogen (secondary N) is 1. The molecule has 0 bridgehead atoms. The summed E-state index contributed by atoms with van der Waals surface area (Å²) in [7, 11) is 0. The standard InChI is InChI=1S/C5H9F2NO/c1-4(7)5(9)8-3-2-6/h4H,2-3H2,1H3,(H,8,9)/t4-/m0/s1. The Morgan fingerprint density at radius 2 is 2.33 bits per heavy atom. The van der Waals surface area contributed by atoms with Gasteiger partial charge in [-0.1, -0.05) is 0 Å². The van der Waals surface area contributed by atoms with Crippen LogP contribution in [0.1, 0.15) is 6.92 Å². The van der Waals surface area contributed by atoms with Crippen LogP contribution in [0.15, 0.2) is 0 Å². The summed E-state index contributed by atoms with van der Waals surface area (Å²) in [5.41, 5.74) is 0. The summed E-state index contributed by atoms with van der Waals surface area (Å²) in [5, 5.41) is 2.04. The highest BCUT2D eigenvalue weighted by Gasteiger charge is 2.08. The summed E-state index contributed by atoms with van der Waals surface area (Å²) >= 11 is 0. The minimum absolute atomic E-state index is 0.104. The Balaban J connectivity index is 3.28. The first kappa shape index (κ1) is 8.33.